The molecule has 4 nitrogen and oxygen atoms in total. The molecule has 4 heteroatoms. The van der Waals surface area contributed by atoms with Crippen LogP contribution in [0, 0.1) is 0 Å². The molecule has 0 saturated heterocycles. The Morgan fingerprint density at radius 1 is 1.50 bits per heavy atom. The number of anilines is 1. The molecule has 2 aromatic heterocycles. The first-order chi connectivity index (χ1) is 8.34. The molecule has 0 aromatic carbocycles. The third-order valence-electron chi connectivity index (χ3n) is 1.15. The van der Waals surface area contributed by atoms with Gasteiger partial charge in [0.25, 0.3) is 0 Å². The van der Waals surface area contributed by atoms with Gasteiger partial charge in [-0.2, -0.15) is 5.10 Å². The second-order valence-corrected chi connectivity index (χ2v) is 1.97. The summed E-state index contributed by atoms with van der Waals surface area (Å²) in [6.07, 6.45) is -1.17. The van der Waals surface area contributed by atoms with E-state index < -0.39 is 24.3 Å². The predicted octanol–water partition coefficient (Wildman–Crippen LogP) is 0.849. The summed E-state index contributed by atoms with van der Waals surface area (Å²) in [5, 5.41) is 3.61. The molecule has 0 atom stereocenters. The van der Waals surface area contributed by atoms with Crippen LogP contribution >= 0.6 is 0 Å². The van der Waals surface area contributed by atoms with Gasteiger partial charge in [0, 0.05) is 6.17 Å². The lowest BCUT2D eigenvalue weighted by atomic mass is 10.5. The Hall–Kier alpha value is -1.84. The fourth-order valence-electron chi connectivity index (χ4n) is 0.693. The minimum Gasteiger partial charge on any atom is -0.396 e. The van der Waals surface area contributed by atoms with Crippen LogP contribution in [0.5, 0.6) is 0 Å². The highest BCUT2D eigenvalue weighted by atomic mass is 15.3. The summed E-state index contributed by atoms with van der Waals surface area (Å²) in [7, 11) is 0. The number of hydrogen-bond acceptors (Lipinski definition) is 3. The van der Waals surface area contributed by atoms with Crippen LogP contribution in [0.4, 0.5) is 5.69 Å². The third-order valence-corrected chi connectivity index (χ3v) is 1.15. The van der Waals surface area contributed by atoms with Crippen LogP contribution in [0.25, 0.3) is 5.82 Å². The molecule has 2 N–H and O–H groups in total. The second-order valence-electron chi connectivity index (χ2n) is 1.97. The molecule has 60 valence electrons. The van der Waals surface area contributed by atoms with E-state index in [1.165, 1.54) is 0 Å². The first kappa shape index (κ1) is 2.90. The van der Waals surface area contributed by atoms with E-state index in [9.17, 15) is 0 Å². The van der Waals surface area contributed by atoms with Crippen LogP contribution in [-0.2, 0) is 0 Å². The number of aromatic nitrogens is 3. The maximum absolute atomic E-state index is 7.65. The smallest absolute Gasteiger partial charge is 0.153 e. The van der Waals surface area contributed by atoms with Gasteiger partial charge in [0.1, 0.15) is 0 Å². The second kappa shape index (κ2) is 2.65. The van der Waals surface area contributed by atoms with Crippen LogP contribution in [0.2, 0.25) is 0 Å². The van der Waals surface area contributed by atoms with Crippen LogP contribution in [0.15, 0.2) is 36.6 Å². The number of nitrogen functional groups attached to an aromatic ring is 1. The fourth-order valence-corrected chi connectivity index (χ4v) is 0.693. The standard InChI is InChI=1S/C8H8N4/c9-7-5-11-12(6-7)8-3-1-2-4-10-8/h1-6H,9H2/i1D,2D,3D,4D,5D,6D. The topological polar surface area (TPSA) is 56.7 Å². The summed E-state index contributed by atoms with van der Waals surface area (Å²) in [5.41, 5.74) is 5.24. The van der Waals surface area contributed by atoms with Gasteiger partial charge in [0.05, 0.1) is 26.3 Å². The number of hydrogen-bond donors (Lipinski definition) is 1. The number of nitrogens with two attached hydrogens (primary N) is 1. The number of rotatable bonds is 1. The quantitative estimate of drug-likeness (QED) is 0.683. The molecule has 0 unspecified atom stereocenters. The highest BCUT2D eigenvalue weighted by molar-refractivity contribution is 5.34. The van der Waals surface area contributed by atoms with Crippen molar-refractivity contribution in [2.24, 2.45) is 0 Å². The highest BCUT2D eigenvalue weighted by Crippen LogP contribution is 2.04. The molecule has 2 heterocycles. The van der Waals surface area contributed by atoms with Crippen molar-refractivity contribution in [3.63, 3.8) is 0 Å². The summed E-state index contributed by atoms with van der Waals surface area (Å²) in [6.45, 7) is 0. The molecular formula is C8H8N4. The zero-order valence-electron chi connectivity index (χ0n) is 11.9. The molecule has 0 radical (unpaired) electrons. The van der Waals surface area contributed by atoms with E-state index in [2.05, 4.69) is 10.1 Å². The van der Waals surface area contributed by atoms with Crippen molar-refractivity contribution in [2.45, 2.75) is 0 Å². The molecule has 0 saturated carbocycles. The molecule has 0 spiro atoms. The summed E-state index contributed by atoms with van der Waals surface area (Å²) < 4.78 is 45.7. The molecule has 0 bridgehead atoms. The van der Waals surface area contributed by atoms with Crippen molar-refractivity contribution in [2.75, 3.05) is 5.73 Å². The van der Waals surface area contributed by atoms with E-state index in [0.29, 0.717) is 0 Å². The van der Waals surface area contributed by atoms with Gasteiger partial charge in [-0.25, -0.2) is 9.67 Å². The molecule has 0 amide bonds. The van der Waals surface area contributed by atoms with Gasteiger partial charge in [-0.05, 0) is 12.1 Å². The Labute approximate surface area is 78.1 Å². The van der Waals surface area contributed by atoms with Crippen molar-refractivity contribution in [3.8, 4) is 5.82 Å². The maximum atomic E-state index is 7.65. The zero-order chi connectivity index (χ0) is 13.6. The van der Waals surface area contributed by atoms with E-state index in [0.717, 1.165) is 4.68 Å². The third kappa shape index (κ3) is 1.14. The molecule has 12 heavy (non-hydrogen) atoms. The van der Waals surface area contributed by atoms with Gasteiger partial charge >= 0.3 is 0 Å². The Balaban J connectivity index is 2.76. The molecule has 0 aliphatic heterocycles. The van der Waals surface area contributed by atoms with Gasteiger partial charge in [0.2, 0.25) is 0 Å². The number of pyridine rings is 1. The largest absolute Gasteiger partial charge is 0.396 e. The average Bonchev–Trinajstić information content (AvgIpc) is 2.59. The lowest BCUT2D eigenvalue weighted by molar-refractivity contribution is 0.847. The average molecular weight is 166 g/mol. The van der Waals surface area contributed by atoms with Crippen molar-refractivity contribution in [3.05, 3.63) is 36.6 Å². The molecule has 2 rings (SSSR count). The Morgan fingerprint density at radius 3 is 3.17 bits per heavy atom. The normalized spacial score (nSPS) is 17.0. The minimum absolute atomic E-state index is 0.177. The molecule has 0 aliphatic carbocycles. The van der Waals surface area contributed by atoms with E-state index >= 15 is 0 Å². The summed E-state index contributed by atoms with van der Waals surface area (Å²) in [4.78, 5) is 3.63. The first-order valence-corrected chi connectivity index (χ1v) is 3.11. The van der Waals surface area contributed by atoms with Crippen LogP contribution in [0.3, 0.4) is 0 Å². The van der Waals surface area contributed by atoms with Gasteiger partial charge in [-0.1, -0.05) is 6.04 Å². The highest BCUT2D eigenvalue weighted by Gasteiger charge is 1.96. The molecular weight excluding hydrogens is 152 g/mol. The van der Waals surface area contributed by atoms with Crippen molar-refractivity contribution in [1.82, 2.24) is 14.8 Å². The van der Waals surface area contributed by atoms with Crippen LogP contribution in [0.1, 0.15) is 8.22 Å². The fraction of sp³-hybridized carbons (Fsp3) is 0. The Kier molecular flexibility index (Phi) is 0.640. The molecule has 0 fully saturated rings. The van der Waals surface area contributed by atoms with E-state index in [1.807, 2.05) is 0 Å². The van der Waals surface area contributed by atoms with E-state index in [4.69, 9.17) is 14.0 Å². The van der Waals surface area contributed by atoms with Crippen LogP contribution < -0.4 is 5.73 Å². The van der Waals surface area contributed by atoms with Gasteiger partial charge < -0.3 is 5.73 Å². The summed E-state index contributed by atoms with van der Waals surface area (Å²) in [6, 6.07) is -1.39. The van der Waals surface area contributed by atoms with Crippen LogP contribution in [-0.4, -0.2) is 14.8 Å². The SMILES string of the molecule is [2H]c1nc(-n2nc([2H])c(N)c2[2H])c([2H])c([2H])c1[2H]. The number of nitrogens with zero attached hydrogens (tertiary/aromatic N) is 3. The molecule has 2 aromatic rings. The van der Waals surface area contributed by atoms with E-state index in [1.54, 1.807) is 0 Å². The monoisotopic (exact) mass is 166 g/mol. The summed E-state index contributed by atoms with van der Waals surface area (Å²) in [5.74, 6) is -0.254. The van der Waals surface area contributed by atoms with Gasteiger partial charge in [0.15, 0.2) is 5.82 Å². The molecule has 0 aliphatic rings. The maximum Gasteiger partial charge on any atom is 0.153 e. The Morgan fingerprint density at radius 2 is 2.42 bits per heavy atom. The minimum atomic E-state index is -0.494. The van der Waals surface area contributed by atoms with Gasteiger partial charge in [-0.3, -0.25) is 0 Å². The zero-order valence-corrected chi connectivity index (χ0v) is 5.92. The lowest BCUT2D eigenvalue weighted by Crippen LogP contribution is -1.96. The van der Waals surface area contributed by atoms with E-state index in [-0.39, 0.29) is 23.9 Å². The predicted molar refractivity (Wildman–Crippen MR) is 45.8 cm³/mol. The Bertz CT molecular complexity index is 637. The van der Waals surface area contributed by atoms with Crippen molar-refractivity contribution >= 4 is 5.69 Å². The van der Waals surface area contributed by atoms with Gasteiger partial charge in [-0.15, -0.1) is 0 Å². The summed E-state index contributed by atoms with van der Waals surface area (Å²) >= 11 is 0. The first-order valence-electron chi connectivity index (χ1n) is 6.11. The van der Waals surface area contributed by atoms with Crippen molar-refractivity contribution < 1.29 is 8.22 Å². The lowest BCUT2D eigenvalue weighted by Gasteiger charge is -1.96. The van der Waals surface area contributed by atoms with Crippen molar-refractivity contribution in [1.29, 1.82) is 0 Å².